The van der Waals surface area contributed by atoms with Crippen molar-refractivity contribution in [1.82, 2.24) is 25.5 Å². The zero-order valence-electron chi connectivity index (χ0n) is 31.3. The number of ether oxygens (including phenoxy) is 3. The van der Waals surface area contributed by atoms with Gasteiger partial charge in [0.15, 0.2) is 0 Å². The number of likely N-dealkylation sites (tertiary alicyclic amines) is 1. The molecule has 0 saturated carbocycles. The van der Waals surface area contributed by atoms with Crippen molar-refractivity contribution in [3.63, 3.8) is 0 Å². The van der Waals surface area contributed by atoms with Gasteiger partial charge in [0.1, 0.15) is 11.9 Å². The molecule has 2 saturated heterocycles. The monoisotopic (exact) mass is 721 g/mol. The Morgan fingerprint density at radius 3 is 2.74 bits per heavy atom. The Kier molecular flexibility index (Phi) is 10.8. The number of imidazole rings is 1. The summed E-state index contributed by atoms with van der Waals surface area (Å²) in [5.41, 5.74) is 15.2. The third kappa shape index (κ3) is 7.27. The maximum absolute atomic E-state index is 14.0. The summed E-state index contributed by atoms with van der Waals surface area (Å²) in [5.74, 6) is 1.02. The third-order valence-electron chi connectivity index (χ3n) is 11.3. The highest BCUT2D eigenvalue weighted by molar-refractivity contribution is 6.05. The molecule has 12 nitrogen and oxygen atoms in total. The fourth-order valence-corrected chi connectivity index (χ4v) is 8.50. The molecule has 0 radical (unpaired) electrons. The number of rotatable bonds is 11. The molecule has 2 aliphatic heterocycles. The topological polar surface area (TPSA) is 156 Å². The fourth-order valence-electron chi connectivity index (χ4n) is 8.50. The molecule has 1 aliphatic carbocycles. The highest BCUT2D eigenvalue weighted by Gasteiger charge is 2.42. The molecule has 3 aliphatic rings. The van der Waals surface area contributed by atoms with Gasteiger partial charge in [-0.2, -0.15) is 0 Å². The predicted molar refractivity (Wildman–Crippen MR) is 208 cm³/mol. The van der Waals surface area contributed by atoms with Crippen LogP contribution in [0.5, 0.6) is 0 Å². The van der Waals surface area contributed by atoms with Crippen LogP contribution in [-0.2, 0) is 31.8 Å². The quantitative estimate of drug-likeness (QED) is 0.145. The lowest BCUT2D eigenvalue weighted by atomic mass is 9.91. The number of nitrogens with zero attached hydrogens (tertiary/aromatic N) is 3. The van der Waals surface area contributed by atoms with Crippen molar-refractivity contribution < 1.29 is 23.8 Å². The standard InChI is InChI=1S/C41H51N7O5/c1-23-9-16-36(48(23)40(49)37(24(2)52-4)47-41(50)53-5)39-45-35-15-11-27-18-26(10-12-30(27)38(35)46-39)29-13-14-33(32-8-6-7-31(29)32)34(42)21-43-20-28-17-25(19-44-28)22-51-3/h10-15,18,20-21,23-25,28,36-37,44H,6-9,16-17,19,22,42H2,1-5H3,(H,45,46)(H,47,50)/b34-21-,43-20+/t23-,24+,25-,28-,36-,37-/m0/s1. The number of aromatic nitrogens is 2. The van der Waals surface area contributed by atoms with Gasteiger partial charge in [-0.05, 0) is 98.1 Å². The number of nitrogens with one attached hydrogen (secondary N) is 3. The summed E-state index contributed by atoms with van der Waals surface area (Å²) >= 11 is 0. The molecule has 280 valence electrons. The van der Waals surface area contributed by atoms with E-state index in [4.69, 9.17) is 24.9 Å². The van der Waals surface area contributed by atoms with E-state index in [0.717, 1.165) is 90.4 Å². The molecule has 4 aromatic rings. The van der Waals surface area contributed by atoms with E-state index in [2.05, 4.69) is 57.0 Å². The highest BCUT2D eigenvalue weighted by Crippen LogP contribution is 2.40. The maximum atomic E-state index is 14.0. The Labute approximate surface area is 310 Å². The number of aromatic amines is 1. The van der Waals surface area contributed by atoms with Crippen molar-refractivity contribution in [3.05, 3.63) is 71.2 Å². The van der Waals surface area contributed by atoms with Gasteiger partial charge in [-0.25, -0.2) is 9.78 Å². The maximum Gasteiger partial charge on any atom is 0.407 e. The summed E-state index contributed by atoms with van der Waals surface area (Å²) in [5, 5.41) is 8.34. The number of H-pyrrole nitrogens is 1. The summed E-state index contributed by atoms with van der Waals surface area (Å²) in [6.45, 7) is 5.49. The summed E-state index contributed by atoms with van der Waals surface area (Å²) < 4.78 is 15.6. The Bertz CT molecular complexity index is 2060. The van der Waals surface area contributed by atoms with Crippen LogP contribution < -0.4 is 16.4 Å². The van der Waals surface area contributed by atoms with Crippen LogP contribution in [0.15, 0.2) is 53.7 Å². The second-order valence-electron chi connectivity index (χ2n) is 14.7. The molecule has 0 unspecified atom stereocenters. The van der Waals surface area contributed by atoms with Crippen molar-refractivity contribution >= 4 is 45.7 Å². The second-order valence-corrected chi connectivity index (χ2v) is 14.7. The Hall–Kier alpha value is -4.78. The van der Waals surface area contributed by atoms with E-state index >= 15 is 0 Å². The molecular weight excluding hydrogens is 670 g/mol. The van der Waals surface area contributed by atoms with Crippen LogP contribution in [0.3, 0.4) is 0 Å². The highest BCUT2D eigenvalue weighted by atomic mass is 16.5. The molecule has 12 heteroatoms. The first-order valence-corrected chi connectivity index (χ1v) is 18.7. The zero-order valence-corrected chi connectivity index (χ0v) is 31.3. The van der Waals surface area contributed by atoms with Gasteiger partial charge in [0.2, 0.25) is 5.91 Å². The van der Waals surface area contributed by atoms with E-state index in [-0.39, 0.29) is 24.0 Å². The molecule has 7 rings (SSSR count). The average Bonchev–Trinajstić information content (AvgIpc) is 3.99. The van der Waals surface area contributed by atoms with Crippen LogP contribution in [0.4, 0.5) is 4.79 Å². The largest absolute Gasteiger partial charge is 0.453 e. The first-order valence-electron chi connectivity index (χ1n) is 18.7. The number of alkyl carbamates (subject to hydrolysis) is 1. The minimum atomic E-state index is -0.899. The van der Waals surface area contributed by atoms with Crippen molar-refractivity contribution in [2.75, 3.05) is 34.5 Å². The molecule has 1 aromatic heterocycles. The van der Waals surface area contributed by atoms with Gasteiger partial charge in [-0.15, -0.1) is 0 Å². The van der Waals surface area contributed by atoms with Crippen LogP contribution >= 0.6 is 0 Å². The number of carbonyl (C=O) groups is 2. The van der Waals surface area contributed by atoms with Crippen LogP contribution in [-0.4, -0.2) is 91.8 Å². The Morgan fingerprint density at radius 2 is 1.94 bits per heavy atom. The van der Waals surface area contributed by atoms with Crippen LogP contribution in [0.25, 0.3) is 38.6 Å². The van der Waals surface area contributed by atoms with E-state index < -0.39 is 18.2 Å². The molecule has 2 fully saturated rings. The molecule has 3 aromatic carbocycles. The average molecular weight is 722 g/mol. The fraction of sp³-hybridized carbons (Fsp3) is 0.463. The summed E-state index contributed by atoms with van der Waals surface area (Å²) in [6, 6.07) is 14.1. The number of benzene rings is 3. The number of carbonyl (C=O) groups excluding carboxylic acids is 2. The molecule has 0 spiro atoms. The molecule has 2 amide bonds. The normalized spacial score (nSPS) is 22.9. The third-order valence-corrected chi connectivity index (χ3v) is 11.3. The van der Waals surface area contributed by atoms with Crippen molar-refractivity contribution in [1.29, 1.82) is 0 Å². The van der Waals surface area contributed by atoms with Gasteiger partial charge < -0.3 is 40.5 Å². The van der Waals surface area contributed by atoms with E-state index in [1.807, 2.05) is 24.1 Å². The summed E-state index contributed by atoms with van der Waals surface area (Å²) in [6.07, 6.45) is 8.20. The molecule has 0 bridgehead atoms. The summed E-state index contributed by atoms with van der Waals surface area (Å²) in [7, 11) is 4.54. The lowest BCUT2D eigenvalue weighted by molar-refractivity contribution is -0.139. The van der Waals surface area contributed by atoms with E-state index in [9.17, 15) is 9.59 Å². The van der Waals surface area contributed by atoms with Gasteiger partial charge in [0, 0.05) is 50.0 Å². The van der Waals surface area contributed by atoms with Gasteiger partial charge in [0.05, 0.1) is 48.8 Å². The number of fused-ring (bicyclic) bond motifs is 4. The van der Waals surface area contributed by atoms with Crippen LogP contribution in [0, 0.1) is 5.92 Å². The molecule has 5 N–H and O–H groups in total. The van der Waals surface area contributed by atoms with Crippen LogP contribution in [0.2, 0.25) is 0 Å². The number of methoxy groups -OCH3 is 3. The molecule has 53 heavy (non-hydrogen) atoms. The summed E-state index contributed by atoms with van der Waals surface area (Å²) in [4.78, 5) is 41.1. The molecule has 6 atom stereocenters. The van der Waals surface area contributed by atoms with E-state index in [1.54, 1.807) is 20.2 Å². The smallest absolute Gasteiger partial charge is 0.407 e. The number of hydrogen-bond acceptors (Lipinski definition) is 9. The van der Waals surface area contributed by atoms with Gasteiger partial charge >= 0.3 is 6.09 Å². The van der Waals surface area contributed by atoms with Gasteiger partial charge in [-0.3, -0.25) is 9.79 Å². The molecular formula is C41H51N7O5. The first kappa shape index (κ1) is 36.6. The van der Waals surface area contributed by atoms with Gasteiger partial charge in [-0.1, -0.05) is 30.3 Å². The van der Waals surface area contributed by atoms with E-state index in [0.29, 0.717) is 11.6 Å². The zero-order chi connectivity index (χ0) is 37.2. The van der Waals surface area contributed by atoms with E-state index in [1.165, 1.54) is 30.9 Å². The van der Waals surface area contributed by atoms with Gasteiger partial charge in [0.25, 0.3) is 0 Å². The van der Waals surface area contributed by atoms with Crippen molar-refractivity contribution in [2.45, 2.75) is 82.6 Å². The lowest BCUT2D eigenvalue weighted by Crippen LogP contribution is -2.55. The minimum Gasteiger partial charge on any atom is -0.453 e. The second kappa shape index (κ2) is 15.7. The number of hydrogen-bond donors (Lipinski definition) is 4. The number of nitrogens with two attached hydrogens (primary N) is 1. The Morgan fingerprint density at radius 1 is 1.11 bits per heavy atom. The SMILES string of the molecule is COC[C@@H]1CN[C@H](/C=N/C=C(\N)c2ccc(-c3ccc4c(ccc5nc([C@@H]6CC[C@H](C)N6C(=O)[C@@H](NC(=O)OC)[C@@H](C)OC)[nH]c54)c3)c3c2CCC3)C1. The number of amides is 2. The van der Waals surface area contributed by atoms with Crippen molar-refractivity contribution in [2.24, 2.45) is 16.6 Å². The molecule has 3 heterocycles. The first-order chi connectivity index (χ1) is 25.7. The number of aliphatic imine (C=N–C) groups is 1. The Balaban J connectivity index is 1.14. The van der Waals surface area contributed by atoms with Crippen molar-refractivity contribution in [3.8, 4) is 11.1 Å². The minimum absolute atomic E-state index is 0.0405. The predicted octanol–water partition coefficient (Wildman–Crippen LogP) is 5.64. The van der Waals surface area contributed by atoms with Crippen LogP contribution in [0.1, 0.15) is 68.1 Å². The lowest BCUT2D eigenvalue weighted by Gasteiger charge is -2.33.